The molecule has 122 valence electrons. The molecule has 0 radical (unpaired) electrons. The molecule has 1 aromatic heterocycles. The third-order valence-corrected chi connectivity index (χ3v) is 4.03. The van der Waals surface area contributed by atoms with Gasteiger partial charge in [0.05, 0.1) is 11.3 Å². The number of fused-ring (bicyclic) bond motifs is 1. The monoisotopic (exact) mass is 335 g/mol. The molecule has 1 amide bonds. The number of nitrogens with one attached hydrogen (secondary N) is 1. The molecule has 1 N–H and O–H groups in total. The summed E-state index contributed by atoms with van der Waals surface area (Å²) >= 11 is 6.32. The lowest BCUT2D eigenvalue weighted by atomic mass is 10.2. The summed E-state index contributed by atoms with van der Waals surface area (Å²) in [6.07, 6.45) is 2.00. The second kappa shape index (κ2) is 6.50. The Morgan fingerprint density at radius 3 is 2.96 bits per heavy atom. The molecule has 1 aliphatic rings. The van der Waals surface area contributed by atoms with Gasteiger partial charge < -0.3 is 14.8 Å². The largest absolute Gasteiger partial charge is 0.454 e. The first-order valence-electron chi connectivity index (χ1n) is 7.54. The van der Waals surface area contributed by atoms with Crippen molar-refractivity contribution in [1.29, 1.82) is 0 Å². The number of amides is 1. The minimum atomic E-state index is -0.283. The number of benzene rings is 1. The molecular formula is C16H18ClN3O3. The van der Waals surface area contributed by atoms with E-state index in [9.17, 15) is 4.79 Å². The van der Waals surface area contributed by atoms with Gasteiger partial charge >= 0.3 is 0 Å². The van der Waals surface area contributed by atoms with E-state index in [0.29, 0.717) is 40.1 Å². The minimum Gasteiger partial charge on any atom is -0.454 e. The average Bonchev–Trinajstić information content (AvgIpc) is 3.09. The maximum absolute atomic E-state index is 12.5. The highest BCUT2D eigenvalue weighted by molar-refractivity contribution is 6.33. The summed E-state index contributed by atoms with van der Waals surface area (Å²) in [6.45, 7) is 4.77. The Hall–Kier alpha value is -2.21. The number of carbonyl (C=O) groups excluding carboxylic acids is 1. The van der Waals surface area contributed by atoms with Gasteiger partial charge in [0.2, 0.25) is 6.79 Å². The number of carbonyl (C=O) groups is 1. The van der Waals surface area contributed by atoms with Crippen LogP contribution in [0.5, 0.6) is 11.5 Å². The Bertz CT molecular complexity index is 742. The summed E-state index contributed by atoms with van der Waals surface area (Å²) in [7, 11) is 0. The molecule has 2 heterocycles. The van der Waals surface area contributed by atoms with E-state index in [-0.39, 0.29) is 12.7 Å². The molecule has 0 aliphatic carbocycles. The first-order valence-corrected chi connectivity index (χ1v) is 7.92. The Labute approximate surface area is 139 Å². The highest BCUT2D eigenvalue weighted by Gasteiger charge is 2.21. The van der Waals surface area contributed by atoms with Crippen LogP contribution in [0, 0.1) is 6.92 Å². The van der Waals surface area contributed by atoms with E-state index >= 15 is 0 Å². The normalized spacial score (nSPS) is 12.5. The highest BCUT2D eigenvalue weighted by atomic mass is 35.5. The standard InChI is InChI=1S/C16H18ClN3O3/c1-3-4-7-20-15(17)14(10(2)19-20)16(21)18-11-5-6-12-13(8-11)23-9-22-12/h5-6,8H,3-4,7,9H2,1-2H3,(H,18,21). The summed E-state index contributed by atoms with van der Waals surface area (Å²) in [5.41, 5.74) is 1.64. The molecule has 2 aromatic rings. The van der Waals surface area contributed by atoms with Gasteiger partial charge in [-0.15, -0.1) is 0 Å². The van der Waals surface area contributed by atoms with Crippen LogP contribution in [-0.4, -0.2) is 22.5 Å². The molecule has 0 spiro atoms. The van der Waals surface area contributed by atoms with Crippen molar-refractivity contribution in [1.82, 2.24) is 9.78 Å². The molecule has 0 bridgehead atoms. The summed E-state index contributed by atoms with van der Waals surface area (Å²) in [5, 5.41) is 7.54. The fraction of sp³-hybridized carbons (Fsp3) is 0.375. The molecule has 6 nitrogen and oxygen atoms in total. The lowest BCUT2D eigenvalue weighted by Gasteiger charge is -2.06. The molecule has 0 saturated heterocycles. The van der Waals surface area contributed by atoms with E-state index in [1.165, 1.54) is 0 Å². The van der Waals surface area contributed by atoms with Crippen molar-refractivity contribution in [2.45, 2.75) is 33.2 Å². The molecule has 0 atom stereocenters. The number of aryl methyl sites for hydroxylation is 2. The van der Waals surface area contributed by atoms with Crippen molar-refractivity contribution in [3.63, 3.8) is 0 Å². The molecule has 0 unspecified atom stereocenters. The van der Waals surface area contributed by atoms with Crippen molar-refractivity contribution in [2.24, 2.45) is 0 Å². The molecule has 7 heteroatoms. The van der Waals surface area contributed by atoms with Gasteiger partial charge in [0.1, 0.15) is 5.15 Å². The summed E-state index contributed by atoms with van der Waals surface area (Å²) in [4.78, 5) is 12.5. The SMILES string of the molecule is CCCCn1nc(C)c(C(=O)Nc2ccc3c(c2)OCO3)c1Cl. The van der Waals surface area contributed by atoms with Gasteiger partial charge in [-0.25, -0.2) is 0 Å². The highest BCUT2D eigenvalue weighted by Crippen LogP contribution is 2.34. The van der Waals surface area contributed by atoms with Crippen molar-refractivity contribution < 1.29 is 14.3 Å². The zero-order chi connectivity index (χ0) is 16.4. The third-order valence-electron chi connectivity index (χ3n) is 3.65. The van der Waals surface area contributed by atoms with E-state index in [1.807, 2.05) is 0 Å². The molecule has 1 aliphatic heterocycles. The molecule has 23 heavy (non-hydrogen) atoms. The fourth-order valence-corrected chi connectivity index (χ4v) is 2.78. The number of aromatic nitrogens is 2. The van der Waals surface area contributed by atoms with Crippen LogP contribution < -0.4 is 14.8 Å². The number of nitrogens with zero attached hydrogens (tertiary/aromatic N) is 2. The maximum atomic E-state index is 12.5. The average molecular weight is 336 g/mol. The first kappa shape index (κ1) is 15.7. The number of ether oxygens (including phenoxy) is 2. The molecule has 0 fully saturated rings. The lowest BCUT2D eigenvalue weighted by Crippen LogP contribution is -2.13. The second-order valence-corrected chi connectivity index (χ2v) is 5.71. The van der Waals surface area contributed by atoms with E-state index in [1.54, 1.807) is 29.8 Å². The predicted octanol–water partition coefficient (Wildman–Crippen LogP) is 3.63. The predicted molar refractivity (Wildman–Crippen MR) is 87.4 cm³/mol. The minimum absolute atomic E-state index is 0.196. The summed E-state index contributed by atoms with van der Waals surface area (Å²) < 4.78 is 12.2. The van der Waals surface area contributed by atoms with Crippen LogP contribution in [0.3, 0.4) is 0 Å². The van der Waals surface area contributed by atoms with E-state index in [4.69, 9.17) is 21.1 Å². The van der Waals surface area contributed by atoms with Crippen LogP contribution in [0.15, 0.2) is 18.2 Å². The topological polar surface area (TPSA) is 65.4 Å². The number of anilines is 1. The summed E-state index contributed by atoms with van der Waals surface area (Å²) in [6, 6.07) is 5.25. The van der Waals surface area contributed by atoms with Gasteiger partial charge in [0.25, 0.3) is 5.91 Å². The maximum Gasteiger partial charge on any atom is 0.260 e. The van der Waals surface area contributed by atoms with Crippen LogP contribution >= 0.6 is 11.6 Å². The van der Waals surface area contributed by atoms with Crippen LogP contribution in [0.2, 0.25) is 5.15 Å². The van der Waals surface area contributed by atoms with E-state index in [0.717, 1.165) is 12.8 Å². The van der Waals surface area contributed by atoms with E-state index < -0.39 is 0 Å². The molecular weight excluding hydrogens is 318 g/mol. The third kappa shape index (κ3) is 3.12. The Morgan fingerprint density at radius 2 is 2.17 bits per heavy atom. The van der Waals surface area contributed by atoms with Gasteiger partial charge in [-0.3, -0.25) is 9.48 Å². The number of rotatable bonds is 5. The fourth-order valence-electron chi connectivity index (χ4n) is 2.44. The van der Waals surface area contributed by atoms with Crippen molar-refractivity contribution >= 4 is 23.2 Å². The molecule has 1 aromatic carbocycles. The van der Waals surface area contributed by atoms with Crippen LogP contribution in [0.1, 0.15) is 35.8 Å². The van der Waals surface area contributed by atoms with Crippen molar-refractivity contribution in [3.8, 4) is 11.5 Å². The number of hydrogen-bond acceptors (Lipinski definition) is 4. The van der Waals surface area contributed by atoms with Crippen LogP contribution in [-0.2, 0) is 6.54 Å². The van der Waals surface area contributed by atoms with Gasteiger partial charge in [-0.2, -0.15) is 5.10 Å². The van der Waals surface area contributed by atoms with Crippen LogP contribution in [0.25, 0.3) is 0 Å². The van der Waals surface area contributed by atoms with E-state index in [2.05, 4.69) is 17.3 Å². The zero-order valence-corrected chi connectivity index (χ0v) is 13.8. The zero-order valence-electron chi connectivity index (χ0n) is 13.1. The Balaban J connectivity index is 1.79. The van der Waals surface area contributed by atoms with Crippen molar-refractivity contribution in [3.05, 3.63) is 34.6 Å². The number of hydrogen-bond donors (Lipinski definition) is 1. The summed E-state index contributed by atoms with van der Waals surface area (Å²) in [5.74, 6) is 1.00. The van der Waals surface area contributed by atoms with Gasteiger partial charge in [0.15, 0.2) is 11.5 Å². The second-order valence-electron chi connectivity index (χ2n) is 5.35. The first-order chi connectivity index (χ1) is 11.1. The number of unbranched alkanes of at least 4 members (excludes halogenated alkanes) is 1. The molecule has 0 saturated carbocycles. The van der Waals surface area contributed by atoms with Crippen LogP contribution in [0.4, 0.5) is 5.69 Å². The lowest BCUT2D eigenvalue weighted by molar-refractivity contribution is 0.102. The Kier molecular flexibility index (Phi) is 4.43. The quantitative estimate of drug-likeness (QED) is 0.906. The Morgan fingerprint density at radius 1 is 1.39 bits per heavy atom. The van der Waals surface area contributed by atoms with Gasteiger partial charge in [-0.05, 0) is 25.5 Å². The van der Waals surface area contributed by atoms with Crippen molar-refractivity contribution in [2.75, 3.05) is 12.1 Å². The van der Waals surface area contributed by atoms with Gasteiger partial charge in [0, 0.05) is 18.3 Å². The van der Waals surface area contributed by atoms with Gasteiger partial charge in [-0.1, -0.05) is 24.9 Å². The number of halogens is 1. The smallest absolute Gasteiger partial charge is 0.260 e. The molecule has 3 rings (SSSR count).